The Kier molecular flexibility index (Phi) is 6.04. The number of hydrogen-bond acceptors (Lipinski definition) is 2. The highest BCUT2D eigenvalue weighted by Gasteiger charge is 2.05. The second-order valence-corrected chi connectivity index (χ2v) is 3.82. The van der Waals surface area contributed by atoms with E-state index in [0.29, 0.717) is 13.2 Å². The predicted molar refractivity (Wildman–Crippen MR) is 66.9 cm³/mol. The Balaban J connectivity index is 2.46. The molecule has 0 unspecified atom stereocenters. The Morgan fingerprint density at radius 3 is 2.71 bits per heavy atom. The van der Waals surface area contributed by atoms with Crippen molar-refractivity contribution >= 4 is 5.97 Å². The van der Waals surface area contributed by atoms with Gasteiger partial charge in [0.25, 0.3) is 0 Å². The fourth-order valence-corrected chi connectivity index (χ4v) is 1.55. The van der Waals surface area contributed by atoms with Crippen LogP contribution in [0.1, 0.15) is 24.0 Å². The number of unbranched alkanes of at least 4 members (excludes halogenated alkanes) is 1. The molecule has 0 amide bonds. The molecule has 0 fully saturated rings. The molecule has 0 aliphatic carbocycles. The van der Waals surface area contributed by atoms with E-state index in [1.807, 2.05) is 30.3 Å². The van der Waals surface area contributed by atoms with Crippen molar-refractivity contribution in [1.82, 2.24) is 0 Å². The van der Waals surface area contributed by atoms with Gasteiger partial charge in [-0.05, 0) is 24.0 Å². The van der Waals surface area contributed by atoms with Crippen molar-refractivity contribution in [3.8, 4) is 0 Å². The van der Waals surface area contributed by atoms with E-state index in [1.54, 1.807) is 0 Å². The van der Waals surface area contributed by atoms with E-state index in [9.17, 15) is 4.79 Å². The predicted octanol–water partition coefficient (Wildman–Crippen LogP) is 2.80. The van der Waals surface area contributed by atoms with E-state index in [0.717, 1.165) is 24.0 Å². The molecule has 3 heteroatoms. The molecule has 0 aromatic heterocycles. The van der Waals surface area contributed by atoms with Gasteiger partial charge < -0.3 is 9.84 Å². The molecule has 0 atom stereocenters. The summed E-state index contributed by atoms with van der Waals surface area (Å²) >= 11 is 0. The number of benzene rings is 1. The lowest BCUT2D eigenvalue weighted by Crippen LogP contribution is -2.05. The molecule has 0 heterocycles. The van der Waals surface area contributed by atoms with Crippen LogP contribution in [0.5, 0.6) is 0 Å². The molecule has 92 valence electrons. The van der Waals surface area contributed by atoms with Gasteiger partial charge in [0.05, 0.1) is 13.0 Å². The number of ether oxygens (including phenoxy) is 1. The molecule has 1 aromatic rings. The second kappa shape index (κ2) is 7.63. The number of carboxylic acids is 1. The first-order valence-corrected chi connectivity index (χ1v) is 5.71. The van der Waals surface area contributed by atoms with Crippen molar-refractivity contribution in [1.29, 1.82) is 0 Å². The molecule has 17 heavy (non-hydrogen) atoms. The summed E-state index contributed by atoms with van der Waals surface area (Å²) < 4.78 is 5.50. The Bertz CT molecular complexity index is 371. The summed E-state index contributed by atoms with van der Waals surface area (Å²) in [5, 5.41) is 8.78. The third kappa shape index (κ3) is 5.31. The van der Waals surface area contributed by atoms with Crippen LogP contribution in [0.3, 0.4) is 0 Å². The van der Waals surface area contributed by atoms with Gasteiger partial charge in [-0.2, -0.15) is 0 Å². The third-order valence-electron chi connectivity index (χ3n) is 2.41. The van der Waals surface area contributed by atoms with Crippen LogP contribution < -0.4 is 0 Å². The van der Waals surface area contributed by atoms with Gasteiger partial charge in [0.2, 0.25) is 0 Å². The van der Waals surface area contributed by atoms with Gasteiger partial charge in [-0.1, -0.05) is 30.3 Å². The monoisotopic (exact) mass is 234 g/mol. The van der Waals surface area contributed by atoms with E-state index >= 15 is 0 Å². The maximum atomic E-state index is 10.7. The minimum absolute atomic E-state index is 0.0478. The lowest BCUT2D eigenvalue weighted by Gasteiger charge is -2.08. The number of hydrogen-bond donors (Lipinski definition) is 1. The average molecular weight is 234 g/mol. The van der Waals surface area contributed by atoms with Crippen LogP contribution >= 0.6 is 0 Å². The summed E-state index contributed by atoms with van der Waals surface area (Å²) in [7, 11) is 0. The summed E-state index contributed by atoms with van der Waals surface area (Å²) in [6.07, 6.45) is 3.80. The van der Waals surface area contributed by atoms with E-state index in [2.05, 4.69) is 6.58 Å². The number of carboxylic acid groups (broad SMARTS) is 1. The van der Waals surface area contributed by atoms with Gasteiger partial charge in [-0.25, -0.2) is 0 Å². The third-order valence-corrected chi connectivity index (χ3v) is 2.41. The maximum absolute atomic E-state index is 10.7. The minimum atomic E-state index is -0.816. The fraction of sp³-hybridized carbons (Fsp3) is 0.357. The largest absolute Gasteiger partial charge is 0.481 e. The number of aliphatic carboxylic acids is 1. The van der Waals surface area contributed by atoms with Crippen LogP contribution in [0.4, 0.5) is 0 Å². The van der Waals surface area contributed by atoms with Crippen LogP contribution in [0, 0.1) is 0 Å². The smallest absolute Gasteiger partial charge is 0.307 e. The number of rotatable bonds is 8. The Morgan fingerprint density at radius 1 is 1.35 bits per heavy atom. The molecule has 1 aromatic carbocycles. The van der Waals surface area contributed by atoms with Crippen molar-refractivity contribution in [2.75, 3.05) is 6.61 Å². The quantitative estimate of drug-likeness (QED) is 0.555. The molecule has 0 aliphatic rings. The summed E-state index contributed by atoms with van der Waals surface area (Å²) in [4.78, 5) is 10.7. The van der Waals surface area contributed by atoms with E-state index in [-0.39, 0.29) is 6.42 Å². The molecule has 0 saturated heterocycles. The van der Waals surface area contributed by atoms with Crippen LogP contribution in [0.15, 0.2) is 36.9 Å². The second-order valence-electron chi connectivity index (χ2n) is 3.82. The van der Waals surface area contributed by atoms with Crippen molar-refractivity contribution in [2.24, 2.45) is 0 Å². The first kappa shape index (κ1) is 13.5. The lowest BCUT2D eigenvalue weighted by molar-refractivity contribution is -0.136. The average Bonchev–Trinajstić information content (AvgIpc) is 2.30. The SMILES string of the molecule is C=CCCCOCc1ccccc1CC(=O)O. The lowest BCUT2D eigenvalue weighted by atomic mass is 10.1. The highest BCUT2D eigenvalue weighted by molar-refractivity contribution is 5.70. The van der Waals surface area contributed by atoms with Gasteiger partial charge in [-0.15, -0.1) is 6.58 Å². The highest BCUT2D eigenvalue weighted by Crippen LogP contribution is 2.11. The zero-order valence-corrected chi connectivity index (χ0v) is 9.89. The molecule has 0 radical (unpaired) electrons. The summed E-state index contributed by atoms with van der Waals surface area (Å²) in [5.74, 6) is -0.816. The normalized spacial score (nSPS) is 10.1. The number of allylic oxidation sites excluding steroid dienone is 1. The van der Waals surface area contributed by atoms with Crippen LogP contribution in [-0.4, -0.2) is 17.7 Å². The standard InChI is InChI=1S/C14H18O3/c1-2-3-6-9-17-11-13-8-5-4-7-12(13)10-14(15)16/h2,4-5,7-8H,1,3,6,9-11H2,(H,15,16). The van der Waals surface area contributed by atoms with Gasteiger partial charge in [-0.3, -0.25) is 4.79 Å². The van der Waals surface area contributed by atoms with Crippen LogP contribution in [-0.2, 0) is 22.6 Å². The number of carbonyl (C=O) groups is 1. The summed E-state index contributed by atoms with van der Waals surface area (Å²) in [5.41, 5.74) is 1.78. The van der Waals surface area contributed by atoms with Crippen molar-refractivity contribution in [2.45, 2.75) is 25.9 Å². The fourth-order valence-electron chi connectivity index (χ4n) is 1.55. The van der Waals surface area contributed by atoms with Crippen molar-refractivity contribution < 1.29 is 14.6 Å². The van der Waals surface area contributed by atoms with E-state index in [1.165, 1.54) is 0 Å². The van der Waals surface area contributed by atoms with Gasteiger partial charge >= 0.3 is 5.97 Å². The Labute approximate surface area is 102 Å². The van der Waals surface area contributed by atoms with Gasteiger partial charge in [0.15, 0.2) is 0 Å². The molecular weight excluding hydrogens is 216 g/mol. The van der Waals surface area contributed by atoms with Crippen molar-refractivity contribution in [3.63, 3.8) is 0 Å². The maximum Gasteiger partial charge on any atom is 0.307 e. The zero-order chi connectivity index (χ0) is 12.5. The molecule has 3 nitrogen and oxygen atoms in total. The Hall–Kier alpha value is -1.61. The molecule has 0 aliphatic heterocycles. The topological polar surface area (TPSA) is 46.5 Å². The minimum Gasteiger partial charge on any atom is -0.481 e. The van der Waals surface area contributed by atoms with Crippen LogP contribution in [0.25, 0.3) is 0 Å². The first-order chi connectivity index (χ1) is 8.24. The first-order valence-electron chi connectivity index (χ1n) is 5.71. The molecule has 0 spiro atoms. The van der Waals surface area contributed by atoms with E-state index < -0.39 is 5.97 Å². The summed E-state index contributed by atoms with van der Waals surface area (Å²) in [6.45, 7) is 4.79. The molecule has 1 N–H and O–H groups in total. The van der Waals surface area contributed by atoms with Gasteiger partial charge in [0.1, 0.15) is 0 Å². The molecule has 0 bridgehead atoms. The Morgan fingerprint density at radius 2 is 2.06 bits per heavy atom. The highest BCUT2D eigenvalue weighted by atomic mass is 16.5. The molecule has 0 saturated carbocycles. The van der Waals surface area contributed by atoms with Crippen LogP contribution in [0.2, 0.25) is 0 Å². The zero-order valence-electron chi connectivity index (χ0n) is 9.89. The molecular formula is C14H18O3. The van der Waals surface area contributed by atoms with E-state index in [4.69, 9.17) is 9.84 Å². The van der Waals surface area contributed by atoms with Crippen molar-refractivity contribution in [3.05, 3.63) is 48.0 Å². The molecule has 1 rings (SSSR count). The summed E-state index contributed by atoms with van der Waals surface area (Å²) in [6, 6.07) is 7.48. The van der Waals surface area contributed by atoms with Gasteiger partial charge in [0, 0.05) is 6.61 Å².